The van der Waals surface area contributed by atoms with Crippen LogP contribution in [-0.2, 0) is 42.8 Å². The molecule has 5 heteroatoms. The van der Waals surface area contributed by atoms with Gasteiger partial charge < -0.3 is 5.71 Å². The van der Waals surface area contributed by atoms with Gasteiger partial charge in [-0.3, -0.25) is 0 Å². The summed E-state index contributed by atoms with van der Waals surface area (Å²) in [5.74, 6) is 0. The summed E-state index contributed by atoms with van der Waals surface area (Å²) in [6, 6.07) is 0. The Balaban J connectivity index is 0. The van der Waals surface area contributed by atoms with Crippen molar-refractivity contribution in [1.82, 2.24) is 0 Å². The summed E-state index contributed by atoms with van der Waals surface area (Å²) >= 11 is 0. The molecule has 0 aromatic rings. The summed E-state index contributed by atoms with van der Waals surface area (Å²) in [6.07, 6.45) is 0. The maximum atomic E-state index is 0. The third-order valence-corrected chi connectivity index (χ3v) is 0. The van der Waals surface area contributed by atoms with Crippen molar-refractivity contribution in [2.75, 3.05) is 0 Å². The Bertz CT molecular complexity index is 20.5. The van der Waals surface area contributed by atoms with Crippen molar-refractivity contribution in [2.45, 2.75) is 0 Å². The standard InChI is InChI=1S/Ag.Al.Ba.Ca.Pd.7H/q;;2*+2;;;;;4*-1. The molecule has 0 saturated carbocycles. The molecular formula is H7AgAlBaCaPd. The first-order chi connectivity index (χ1) is 0. The van der Waals surface area contributed by atoms with Crippen LogP contribution in [0, 0.1) is 0 Å². The average Bonchev–Trinajstić information content (AvgIpc) is 0. The van der Waals surface area contributed by atoms with Crippen LogP contribution in [0.15, 0.2) is 0 Å². The second-order valence-electron chi connectivity index (χ2n) is 0. The largest absolute Gasteiger partial charge is 2.00 e. The van der Waals surface area contributed by atoms with Crippen LogP contribution in [0.1, 0.15) is 5.71 Å². The normalized spacial score (nSPS) is 0. The van der Waals surface area contributed by atoms with E-state index >= 15 is 0 Å². The van der Waals surface area contributed by atoms with E-state index in [4.69, 9.17) is 0 Å². The van der Waals surface area contributed by atoms with Crippen LogP contribution in [0.4, 0.5) is 0 Å². The summed E-state index contributed by atoms with van der Waals surface area (Å²) in [7, 11) is 0. The van der Waals surface area contributed by atoms with Gasteiger partial charge in [0, 0.05) is 42.8 Å². The SMILES string of the molecule is [Ag].[AlH3].[Ba+2].[Ca+2].[H-].[H-].[H-].[H-].[Pd]. The second kappa shape index (κ2) is 23.3. The molecule has 0 atom stereocenters. The molecule has 0 bridgehead atoms. The molecule has 0 heterocycles. The van der Waals surface area contributed by atoms with Gasteiger partial charge in [0.1, 0.15) is 0 Å². The molecule has 0 aliphatic rings. The van der Waals surface area contributed by atoms with Gasteiger partial charge in [-0.1, -0.05) is 0 Å². The van der Waals surface area contributed by atoms with E-state index in [1.807, 2.05) is 0 Å². The number of rotatable bonds is 0. The molecule has 0 aliphatic carbocycles. The smallest absolute Gasteiger partial charge is 1.00 e. The first-order valence-electron chi connectivity index (χ1n) is 0. The van der Waals surface area contributed by atoms with Crippen molar-refractivity contribution < 1.29 is 48.5 Å². The van der Waals surface area contributed by atoms with Gasteiger partial charge in [-0.15, -0.1) is 0 Å². The van der Waals surface area contributed by atoms with E-state index < -0.39 is 0 Å². The molecule has 0 aromatic carbocycles. The van der Waals surface area contributed by atoms with Gasteiger partial charge in [0.15, 0.2) is 17.4 Å². The molecule has 0 nitrogen and oxygen atoms in total. The van der Waals surface area contributed by atoms with Gasteiger partial charge >= 0.3 is 86.6 Å². The first-order valence-corrected chi connectivity index (χ1v) is 0. The predicted octanol–water partition coefficient (Wildman–Crippen LogP) is -1.50. The predicted molar refractivity (Wildman–Crippen MR) is 25.9 cm³/mol. The molecule has 0 N–H and O–H groups in total. The Kier molecular flexibility index (Phi) is 154. The Morgan fingerprint density at radius 3 is 1.20 bits per heavy atom. The van der Waals surface area contributed by atoms with Crippen molar-refractivity contribution in [1.29, 1.82) is 0 Å². The van der Waals surface area contributed by atoms with Gasteiger partial charge in [0.2, 0.25) is 0 Å². The molecule has 0 aromatic heterocycles. The maximum absolute atomic E-state index is 0. The van der Waals surface area contributed by atoms with Gasteiger partial charge in [-0.2, -0.15) is 0 Å². The van der Waals surface area contributed by atoms with Crippen LogP contribution in [0.2, 0.25) is 0 Å². The number of hydrogen-bond donors (Lipinski definition) is 0. The summed E-state index contributed by atoms with van der Waals surface area (Å²) in [5, 5.41) is 0. The molecule has 0 rings (SSSR count). The molecule has 0 aliphatic heterocycles. The van der Waals surface area contributed by atoms with Crippen molar-refractivity contribution in [3.63, 3.8) is 0 Å². The van der Waals surface area contributed by atoms with Crippen molar-refractivity contribution in [2.24, 2.45) is 0 Å². The fraction of sp³-hybridized carbons (Fsp3) is 0. The zero-order valence-electron chi connectivity index (χ0n) is 6.03. The Hall–Kier alpha value is 4.77. The van der Waals surface area contributed by atoms with E-state index in [9.17, 15) is 0 Å². The van der Waals surface area contributed by atoms with E-state index in [0.717, 1.165) is 0 Å². The molecular weight excluding hydrogens is 419 g/mol. The topological polar surface area (TPSA) is 0 Å². The fourth-order valence-electron chi connectivity index (χ4n) is 0. The minimum absolute atomic E-state index is 0. The molecule has 35 valence electrons. The van der Waals surface area contributed by atoms with Gasteiger partial charge in [0.25, 0.3) is 0 Å². The van der Waals surface area contributed by atoms with Crippen LogP contribution in [-0.4, -0.2) is 104 Å². The van der Waals surface area contributed by atoms with Crippen molar-refractivity contribution in [3.8, 4) is 0 Å². The molecule has 0 unspecified atom stereocenters. The monoisotopic (exact) mass is 425 g/mol. The van der Waals surface area contributed by atoms with Crippen LogP contribution in [0.3, 0.4) is 0 Å². The Morgan fingerprint density at radius 2 is 1.20 bits per heavy atom. The minimum Gasteiger partial charge on any atom is -1.00 e. The van der Waals surface area contributed by atoms with Gasteiger partial charge in [0.05, 0.1) is 0 Å². The quantitative estimate of drug-likeness (QED) is 0.415. The van der Waals surface area contributed by atoms with Crippen LogP contribution < -0.4 is 0 Å². The number of hydrogen-bond acceptors (Lipinski definition) is 0. The molecule has 0 spiro atoms. The van der Waals surface area contributed by atoms with Crippen LogP contribution >= 0.6 is 0 Å². The molecule has 0 fully saturated rings. The summed E-state index contributed by atoms with van der Waals surface area (Å²) in [5.41, 5.74) is 0. The van der Waals surface area contributed by atoms with Gasteiger partial charge in [-0.05, 0) is 0 Å². The van der Waals surface area contributed by atoms with Gasteiger partial charge in [-0.25, -0.2) is 0 Å². The maximum Gasteiger partial charge on any atom is 2.00 e. The average molecular weight is 426 g/mol. The molecule has 5 heavy (non-hydrogen) atoms. The molecule has 0 saturated heterocycles. The van der Waals surface area contributed by atoms with Crippen LogP contribution in [0.25, 0.3) is 0 Å². The first kappa shape index (κ1) is 33.0. The van der Waals surface area contributed by atoms with Crippen molar-refractivity contribution >= 4 is 104 Å². The summed E-state index contributed by atoms with van der Waals surface area (Å²) < 4.78 is 0. The third-order valence-electron chi connectivity index (χ3n) is 0. The van der Waals surface area contributed by atoms with E-state index in [-0.39, 0.29) is 152 Å². The zero-order chi connectivity index (χ0) is 0. The van der Waals surface area contributed by atoms with E-state index in [0.29, 0.717) is 0 Å². The molecule has 0 amide bonds. The van der Waals surface area contributed by atoms with E-state index in [1.54, 1.807) is 0 Å². The van der Waals surface area contributed by atoms with E-state index in [2.05, 4.69) is 0 Å². The Morgan fingerprint density at radius 1 is 1.20 bits per heavy atom. The van der Waals surface area contributed by atoms with Crippen LogP contribution in [0.5, 0.6) is 0 Å². The summed E-state index contributed by atoms with van der Waals surface area (Å²) in [6.45, 7) is 0. The Labute approximate surface area is 148 Å². The van der Waals surface area contributed by atoms with Crippen molar-refractivity contribution in [3.05, 3.63) is 0 Å². The molecule has 1 radical (unpaired) electrons. The second-order valence-corrected chi connectivity index (χ2v) is 0. The fourth-order valence-corrected chi connectivity index (χ4v) is 0. The minimum atomic E-state index is 0. The van der Waals surface area contributed by atoms with E-state index in [1.165, 1.54) is 0 Å². The third kappa shape index (κ3) is 17.7. The summed E-state index contributed by atoms with van der Waals surface area (Å²) in [4.78, 5) is 0. The zero-order valence-corrected chi connectivity index (χ0v) is 11.7.